The fourth-order valence-corrected chi connectivity index (χ4v) is 2.61. The molecule has 0 radical (unpaired) electrons. The van der Waals surface area contributed by atoms with Gasteiger partial charge in [0.1, 0.15) is 5.75 Å². The summed E-state index contributed by atoms with van der Waals surface area (Å²) in [6.45, 7) is 4.61. The van der Waals surface area contributed by atoms with Gasteiger partial charge in [0.25, 0.3) is 0 Å². The molecule has 1 heterocycles. The minimum atomic E-state index is -0.0540. The molecule has 0 aliphatic rings. The predicted molar refractivity (Wildman–Crippen MR) is 85.8 cm³/mol. The van der Waals surface area contributed by atoms with Crippen LogP contribution in [0.25, 0.3) is 0 Å². The number of ketones is 1. The second-order valence-electron chi connectivity index (χ2n) is 4.71. The maximum Gasteiger partial charge on any atom is 0.171 e. The van der Waals surface area contributed by atoms with Gasteiger partial charge in [0.05, 0.1) is 29.4 Å². The van der Waals surface area contributed by atoms with E-state index in [0.717, 1.165) is 15.9 Å². The van der Waals surface area contributed by atoms with Crippen molar-refractivity contribution in [3.8, 4) is 5.75 Å². The Hall–Kier alpha value is -1.82. The summed E-state index contributed by atoms with van der Waals surface area (Å²) in [6, 6.07) is 5.09. The van der Waals surface area contributed by atoms with Crippen LogP contribution in [0.3, 0.4) is 0 Å². The van der Waals surface area contributed by atoms with Crippen molar-refractivity contribution in [2.45, 2.75) is 26.8 Å². The Balaban J connectivity index is 2.34. The summed E-state index contributed by atoms with van der Waals surface area (Å²) in [5, 5.41) is 4.39. The highest BCUT2D eigenvalue weighted by molar-refractivity contribution is 9.10. The van der Waals surface area contributed by atoms with Gasteiger partial charge >= 0.3 is 0 Å². The van der Waals surface area contributed by atoms with Crippen molar-refractivity contribution in [3.63, 3.8) is 0 Å². The largest absolute Gasteiger partial charge is 0.497 e. The second-order valence-corrected chi connectivity index (χ2v) is 5.51. The topological polar surface area (TPSA) is 70.1 Å². The number of ether oxygens (including phenoxy) is 1. The van der Waals surface area contributed by atoms with Crippen molar-refractivity contribution in [2.75, 3.05) is 12.8 Å². The fraction of sp³-hybridized carbons (Fsp3) is 0.333. The minimum Gasteiger partial charge on any atom is -0.497 e. The summed E-state index contributed by atoms with van der Waals surface area (Å²) in [5.74, 6) is 0.563. The molecule has 2 aromatic rings. The van der Waals surface area contributed by atoms with Crippen LogP contribution in [-0.2, 0) is 13.0 Å². The lowest BCUT2D eigenvalue weighted by Crippen LogP contribution is -2.12. The number of halogens is 1. The summed E-state index contributed by atoms with van der Waals surface area (Å²) in [7, 11) is 1.56. The normalized spacial score (nSPS) is 10.7. The first kappa shape index (κ1) is 15.6. The van der Waals surface area contributed by atoms with E-state index >= 15 is 0 Å². The minimum absolute atomic E-state index is 0.0540. The van der Waals surface area contributed by atoms with Gasteiger partial charge in [0.15, 0.2) is 5.78 Å². The highest BCUT2D eigenvalue weighted by Crippen LogP contribution is 2.25. The lowest BCUT2D eigenvalue weighted by Gasteiger charge is -2.09. The Labute approximate surface area is 132 Å². The molecule has 2 rings (SSSR count). The van der Waals surface area contributed by atoms with Gasteiger partial charge in [-0.2, -0.15) is 5.10 Å². The third-order valence-electron chi connectivity index (χ3n) is 3.34. The molecule has 0 amide bonds. The van der Waals surface area contributed by atoms with Gasteiger partial charge in [0.2, 0.25) is 0 Å². The average molecular weight is 352 g/mol. The Bertz CT molecular complexity index is 680. The number of carbonyl (C=O) groups excluding carboxylic acids is 1. The van der Waals surface area contributed by atoms with Crippen molar-refractivity contribution in [1.82, 2.24) is 9.78 Å². The highest BCUT2D eigenvalue weighted by Gasteiger charge is 2.18. The molecule has 5 nitrogen and oxygen atoms in total. The number of aryl methyl sites for hydroxylation is 2. The molecule has 0 bridgehead atoms. The fourth-order valence-electron chi connectivity index (χ4n) is 2.19. The smallest absolute Gasteiger partial charge is 0.171 e. The molecule has 112 valence electrons. The molecule has 21 heavy (non-hydrogen) atoms. The lowest BCUT2D eigenvalue weighted by molar-refractivity contribution is 0.0991. The highest BCUT2D eigenvalue weighted by atomic mass is 79.9. The third-order valence-corrected chi connectivity index (χ3v) is 4.37. The van der Waals surface area contributed by atoms with Gasteiger partial charge in [0, 0.05) is 17.8 Å². The van der Waals surface area contributed by atoms with Crippen molar-refractivity contribution >= 4 is 27.4 Å². The van der Waals surface area contributed by atoms with E-state index in [1.807, 2.05) is 18.5 Å². The van der Waals surface area contributed by atoms with Crippen LogP contribution >= 0.6 is 15.9 Å². The van der Waals surface area contributed by atoms with Gasteiger partial charge < -0.3 is 10.5 Å². The van der Waals surface area contributed by atoms with Crippen LogP contribution in [0, 0.1) is 6.92 Å². The van der Waals surface area contributed by atoms with Crippen molar-refractivity contribution < 1.29 is 9.53 Å². The molecule has 0 aliphatic carbocycles. The molecule has 2 N–H and O–H groups in total. The van der Waals surface area contributed by atoms with Gasteiger partial charge in [-0.15, -0.1) is 0 Å². The molecule has 0 fully saturated rings. The van der Waals surface area contributed by atoms with Gasteiger partial charge in [-0.25, -0.2) is 0 Å². The molecule has 1 aromatic carbocycles. The van der Waals surface area contributed by atoms with Crippen LogP contribution in [-0.4, -0.2) is 22.7 Å². The number of rotatable bonds is 5. The first-order valence-electron chi connectivity index (χ1n) is 6.66. The molecule has 0 saturated heterocycles. The third kappa shape index (κ3) is 3.10. The number of nitrogen functional groups attached to an aromatic ring is 1. The summed E-state index contributed by atoms with van der Waals surface area (Å²) in [4.78, 5) is 12.5. The number of nitrogens with zero attached hydrogens (tertiary/aromatic N) is 2. The summed E-state index contributed by atoms with van der Waals surface area (Å²) >= 11 is 3.50. The van der Waals surface area contributed by atoms with Crippen LogP contribution in [0.4, 0.5) is 5.69 Å². The lowest BCUT2D eigenvalue weighted by atomic mass is 10.0. The number of nitrogens with two attached hydrogens (primary N) is 1. The van der Waals surface area contributed by atoms with Crippen molar-refractivity contribution in [2.24, 2.45) is 0 Å². The number of Topliss-reactive ketones (excluding diaryl/α,β-unsaturated/α-hetero) is 1. The van der Waals surface area contributed by atoms with E-state index < -0.39 is 0 Å². The predicted octanol–water partition coefficient (Wildman–Crippen LogP) is 2.99. The zero-order chi connectivity index (χ0) is 15.6. The van der Waals surface area contributed by atoms with E-state index in [1.54, 1.807) is 25.3 Å². The van der Waals surface area contributed by atoms with E-state index in [-0.39, 0.29) is 12.2 Å². The Kier molecular flexibility index (Phi) is 4.67. The first-order valence-corrected chi connectivity index (χ1v) is 7.45. The number of benzene rings is 1. The van der Waals surface area contributed by atoms with Gasteiger partial charge in [-0.1, -0.05) is 0 Å². The number of hydrogen-bond acceptors (Lipinski definition) is 4. The zero-order valence-electron chi connectivity index (χ0n) is 12.3. The quantitative estimate of drug-likeness (QED) is 0.663. The summed E-state index contributed by atoms with van der Waals surface area (Å²) in [5.41, 5.74) is 8.57. The van der Waals surface area contributed by atoms with Crippen LogP contribution in [0.15, 0.2) is 22.7 Å². The standard InChI is InChI=1S/C15H18BrN3O2/c1-4-19-13(15(16)9(2)18-19)8-14(20)11-7-10(21-3)5-6-12(11)17/h5-7H,4,8,17H2,1-3H3. The maximum atomic E-state index is 12.5. The van der Waals surface area contributed by atoms with Crippen LogP contribution in [0.2, 0.25) is 0 Å². The summed E-state index contributed by atoms with van der Waals surface area (Å²) in [6.07, 6.45) is 0.243. The Morgan fingerprint density at radius 2 is 2.19 bits per heavy atom. The zero-order valence-corrected chi connectivity index (χ0v) is 13.9. The molecule has 0 atom stereocenters. The average Bonchev–Trinajstić information content (AvgIpc) is 2.75. The SMILES string of the molecule is CCn1nc(C)c(Br)c1CC(=O)c1cc(OC)ccc1N. The number of hydrogen-bond donors (Lipinski definition) is 1. The Morgan fingerprint density at radius 1 is 1.48 bits per heavy atom. The molecule has 0 aliphatic heterocycles. The molecule has 6 heteroatoms. The van der Waals surface area contributed by atoms with Crippen LogP contribution in [0.1, 0.15) is 28.7 Å². The second kappa shape index (κ2) is 6.30. The number of methoxy groups -OCH3 is 1. The molecular formula is C15H18BrN3O2. The monoisotopic (exact) mass is 351 g/mol. The number of anilines is 1. The summed E-state index contributed by atoms with van der Waals surface area (Å²) < 4.78 is 7.85. The van der Waals surface area contributed by atoms with Crippen LogP contribution < -0.4 is 10.5 Å². The van der Waals surface area contributed by atoms with E-state index in [0.29, 0.717) is 23.5 Å². The first-order chi connectivity index (χ1) is 9.97. The Morgan fingerprint density at radius 3 is 2.81 bits per heavy atom. The molecule has 0 spiro atoms. The molecule has 0 saturated carbocycles. The molecule has 1 aromatic heterocycles. The van der Waals surface area contributed by atoms with Gasteiger partial charge in [-0.3, -0.25) is 9.48 Å². The van der Waals surface area contributed by atoms with Crippen molar-refractivity contribution in [3.05, 3.63) is 39.6 Å². The van der Waals surface area contributed by atoms with Crippen LogP contribution in [0.5, 0.6) is 5.75 Å². The van der Waals surface area contributed by atoms with E-state index in [4.69, 9.17) is 10.5 Å². The maximum absolute atomic E-state index is 12.5. The number of carbonyl (C=O) groups is 1. The van der Waals surface area contributed by atoms with E-state index in [2.05, 4.69) is 21.0 Å². The number of aromatic nitrogens is 2. The molecule has 0 unspecified atom stereocenters. The molecular weight excluding hydrogens is 334 g/mol. The van der Waals surface area contributed by atoms with E-state index in [9.17, 15) is 4.79 Å². The van der Waals surface area contributed by atoms with E-state index in [1.165, 1.54) is 0 Å². The van der Waals surface area contributed by atoms with Crippen molar-refractivity contribution in [1.29, 1.82) is 0 Å². The van der Waals surface area contributed by atoms with Gasteiger partial charge in [-0.05, 0) is 48.0 Å².